The molecule has 0 spiro atoms. The molecule has 2 atom stereocenters. The molecule has 0 saturated carbocycles. The molecule has 0 saturated heterocycles. The van der Waals surface area contributed by atoms with Crippen molar-refractivity contribution >= 4 is 15.9 Å². The van der Waals surface area contributed by atoms with Gasteiger partial charge in [-0.05, 0) is 48.1 Å². The van der Waals surface area contributed by atoms with Crippen molar-refractivity contribution in [2.45, 2.75) is 38.3 Å². The van der Waals surface area contributed by atoms with Crippen molar-refractivity contribution in [3.8, 4) is 0 Å². The molecule has 2 aromatic carbocycles. The van der Waals surface area contributed by atoms with Crippen LogP contribution >= 0.6 is 15.9 Å². The summed E-state index contributed by atoms with van der Waals surface area (Å²) >= 11 is 3.57. The maximum Gasteiger partial charge on any atom is 0.0331 e. The maximum absolute atomic E-state index is 3.84. The molecule has 20 heavy (non-hydrogen) atoms. The Morgan fingerprint density at radius 1 is 1.20 bits per heavy atom. The number of nitrogens with one attached hydrogen (secondary N) is 1. The molecule has 1 nitrogen and oxygen atoms in total. The second-order valence-corrected chi connectivity index (χ2v) is 6.39. The molecule has 3 rings (SSSR count). The van der Waals surface area contributed by atoms with E-state index in [-0.39, 0.29) is 0 Å². The minimum Gasteiger partial charge on any atom is -0.303 e. The Balaban J connectivity index is 1.80. The first kappa shape index (κ1) is 13.8. The van der Waals surface area contributed by atoms with Gasteiger partial charge in [0, 0.05) is 16.6 Å². The molecule has 0 fully saturated rings. The summed E-state index contributed by atoms with van der Waals surface area (Å²) in [6.45, 7) is 2.25. The Kier molecular flexibility index (Phi) is 4.23. The Morgan fingerprint density at radius 3 is 2.85 bits per heavy atom. The van der Waals surface area contributed by atoms with E-state index >= 15 is 0 Å². The van der Waals surface area contributed by atoms with Gasteiger partial charge in [-0.15, -0.1) is 0 Å². The highest BCUT2D eigenvalue weighted by Crippen LogP contribution is 2.33. The van der Waals surface area contributed by atoms with Crippen LogP contribution in [0.25, 0.3) is 0 Å². The summed E-state index contributed by atoms with van der Waals surface area (Å²) in [6, 6.07) is 18.4. The molecule has 0 bridgehead atoms. The fraction of sp³-hybridized carbons (Fsp3) is 0.333. The maximum atomic E-state index is 3.84. The number of hydrogen-bond donors (Lipinski definition) is 1. The summed E-state index contributed by atoms with van der Waals surface area (Å²) < 4.78 is 1.15. The summed E-state index contributed by atoms with van der Waals surface area (Å²) in [6.07, 6.45) is 3.52. The molecular weight excluding hydrogens is 310 g/mol. The quantitative estimate of drug-likeness (QED) is 0.815. The average molecular weight is 330 g/mol. The van der Waals surface area contributed by atoms with Crippen LogP contribution in [-0.4, -0.2) is 0 Å². The third kappa shape index (κ3) is 2.82. The number of halogens is 1. The molecule has 104 valence electrons. The molecule has 1 aliphatic carbocycles. The number of rotatable bonds is 4. The van der Waals surface area contributed by atoms with Gasteiger partial charge in [0.2, 0.25) is 0 Å². The van der Waals surface area contributed by atoms with Crippen molar-refractivity contribution in [3.05, 3.63) is 69.7 Å². The molecule has 0 heterocycles. The predicted octanol–water partition coefficient (Wildman–Crippen LogP) is 5.18. The van der Waals surface area contributed by atoms with Crippen LogP contribution in [0.5, 0.6) is 0 Å². The zero-order valence-electron chi connectivity index (χ0n) is 11.8. The molecule has 1 N–H and O–H groups in total. The van der Waals surface area contributed by atoms with E-state index in [1.807, 2.05) is 0 Å². The third-order valence-corrected chi connectivity index (χ3v) is 4.69. The third-order valence-electron chi connectivity index (χ3n) is 4.19. The van der Waals surface area contributed by atoms with E-state index in [1.165, 1.54) is 29.5 Å². The van der Waals surface area contributed by atoms with Gasteiger partial charge >= 0.3 is 0 Å². The van der Waals surface area contributed by atoms with E-state index in [2.05, 4.69) is 76.7 Å². The average Bonchev–Trinajstić information content (AvgIpc) is 2.88. The summed E-state index contributed by atoms with van der Waals surface area (Å²) in [4.78, 5) is 0. The standard InChI is InChI=1S/C18H20BrN/c1-2-17(14-7-5-8-15(19)12-14)20-18-11-10-13-6-3-4-9-16(13)18/h3-9,12,17-18,20H,2,10-11H2,1H3. The minimum atomic E-state index is 0.420. The van der Waals surface area contributed by atoms with E-state index in [4.69, 9.17) is 0 Å². The van der Waals surface area contributed by atoms with Crippen LogP contribution in [0.2, 0.25) is 0 Å². The van der Waals surface area contributed by atoms with Crippen LogP contribution in [0.4, 0.5) is 0 Å². The van der Waals surface area contributed by atoms with Crippen LogP contribution in [0.1, 0.15) is 48.5 Å². The second-order valence-electron chi connectivity index (χ2n) is 5.47. The van der Waals surface area contributed by atoms with Crippen LogP contribution in [0, 0.1) is 0 Å². The van der Waals surface area contributed by atoms with Crippen molar-refractivity contribution < 1.29 is 0 Å². The van der Waals surface area contributed by atoms with Gasteiger partial charge in [-0.1, -0.05) is 59.3 Å². The predicted molar refractivity (Wildman–Crippen MR) is 87.8 cm³/mol. The van der Waals surface area contributed by atoms with E-state index in [1.54, 1.807) is 0 Å². The number of aryl methyl sites for hydroxylation is 1. The lowest BCUT2D eigenvalue weighted by Crippen LogP contribution is -2.24. The van der Waals surface area contributed by atoms with E-state index in [0.29, 0.717) is 12.1 Å². The van der Waals surface area contributed by atoms with Crippen LogP contribution in [0.15, 0.2) is 53.0 Å². The lowest BCUT2D eigenvalue weighted by molar-refractivity contribution is 0.433. The van der Waals surface area contributed by atoms with Gasteiger partial charge in [-0.25, -0.2) is 0 Å². The zero-order valence-corrected chi connectivity index (χ0v) is 13.4. The molecule has 0 aliphatic heterocycles. The van der Waals surface area contributed by atoms with Crippen LogP contribution in [-0.2, 0) is 6.42 Å². The lowest BCUT2D eigenvalue weighted by atomic mass is 10.0. The Hall–Kier alpha value is -1.12. The summed E-state index contributed by atoms with van der Waals surface area (Å²) in [7, 11) is 0. The van der Waals surface area contributed by atoms with Crippen molar-refractivity contribution in [2.24, 2.45) is 0 Å². The van der Waals surface area contributed by atoms with Gasteiger partial charge < -0.3 is 5.32 Å². The Bertz CT molecular complexity index is 593. The molecule has 0 aromatic heterocycles. The van der Waals surface area contributed by atoms with Crippen molar-refractivity contribution in [1.29, 1.82) is 0 Å². The first-order valence-electron chi connectivity index (χ1n) is 7.37. The lowest BCUT2D eigenvalue weighted by Gasteiger charge is -2.23. The smallest absolute Gasteiger partial charge is 0.0331 e. The second kappa shape index (κ2) is 6.11. The minimum absolute atomic E-state index is 0.420. The van der Waals surface area contributed by atoms with Crippen molar-refractivity contribution in [1.82, 2.24) is 5.32 Å². The topological polar surface area (TPSA) is 12.0 Å². The van der Waals surface area contributed by atoms with Gasteiger partial charge in [-0.3, -0.25) is 0 Å². The van der Waals surface area contributed by atoms with Crippen LogP contribution < -0.4 is 5.32 Å². The van der Waals surface area contributed by atoms with Gasteiger partial charge in [0.15, 0.2) is 0 Å². The highest BCUT2D eigenvalue weighted by molar-refractivity contribution is 9.10. The first-order valence-corrected chi connectivity index (χ1v) is 8.16. The molecule has 1 aliphatic rings. The fourth-order valence-corrected chi connectivity index (χ4v) is 3.56. The fourth-order valence-electron chi connectivity index (χ4n) is 3.15. The largest absolute Gasteiger partial charge is 0.303 e. The SMILES string of the molecule is CCC(NC1CCc2ccccc21)c1cccc(Br)c1. The van der Waals surface area contributed by atoms with Gasteiger partial charge in [-0.2, -0.15) is 0 Å². The normalized spacial score (nSPS) is 18.8. The number of hydrogen-bond acceptors (Lipinski definition) is 1. The Morgan fingerprint density at radius 2 is 2.05 bits per heavy atom. The Labute approximate surface area is 129 Å². The molecule has 2 unspecified atom stereocenters. The van der Waals surface area contributed by atoms with Crippen molar-refractivity contribution in [2.75, 3.05) is 0 Å². The highest BCUT2D eigenvalue weighted by Gasteiger charge is 2.24. The van der Waals surface area contributed by atoms with Crippen LogP contribution in [0.3, 0.4) is 0 Å². The molecule has 2 heteroatoms. The summed E-state index contributed by atoms with van der Waals surface area (Å²) in [5.74, 6) is 0. The van der Waals surface area contributed by atoms with Crippen molar-refractivity contribution in [3.63, 3.8) is 0 Å². The van der Waals surface area contributed by atoms with E-state index < -0.39 is 0 Å². The van der Waals surface area contributed by atoms with Gasteiger partial charge in [0.05, 0.1) is 0 Å². The monoisotopic (exact) mass is 329 g/mol. The highest BCUT2D eigenvalue weighted by atomic mass is 79.9. The molecular formula is C18H20BrN. The number of fused-ring (bicyclic) bond motifs is 1. The van der Waals surface area contributed by atoms with E-state index in [9.17, 15) is 0 Å². The van der Waals surface area contributed by atoms with E-state index in [0.717, 1.165) is 10.9 Å². The summed E-state index contributed by atoms with van der Waals surface area (Å²) in [5.41, 5.74) is 4.36. The van der Waals surface area contributed by atoms with Gasteiger partial charge in [0.1, 0.15) is 0 Å². The van der Waals surface area contributed by atoms with Gasteiger partial charge in [0.25, 0.3) is 0 Å². The first-order chi connectivity index (χ1) is 9.78. The molecule has 0 radical (unpaired) electrons. The zero-order chi connectivity index (χ0) is 13.9. The molecule has 2 aromatic rings. The summed E-state index contributed by atoms with van der Waals surface area (Å²) in [5, 5.41) is 3.84. The molecule has 0 amide bonds. The number of benzene rings is 2.